The van der Waals surface area contributed by atoms with Crippen LogP contribution < -0.4 is 15.8 Å². The zero-order chi connectivity index (χ0) is 19.2. The average Bonchev–Trinajstić information content (AvgIpc) is 2.93. The summed E-state index contributed by atoms with van der Waals surface area (Å²) < 4.78 is 1.57. The minimum Gasteiger partial charge on any atom is -0.350 e. The third kappa shape index (κ3) is 5.31. The van der Waals surface area contributed by atoms with Crippen LogP contribution in [0, 0.1) is 0 Å². The van der Waals surface area contributed by atoms with E-state index in [0.717, 1.165) is 51.9 Å². The monoisotopic (exact) mass is 375 g/mol. The second-order valence-electron chi connectivity index (χ2n) is 8.02. The molecule has 7 nitrogen and oxygen atoms in total. The molecule has 0 spiro atoms. The number of aromatic nitrogens is 2. The molecule has 3 rings (SSSR count). The molecular formula is C20H33N5O2. The summed E-state index contributed by atoms with van der Waals surface area (Å²) in [6.07, 6.45) is 10.7. The number of hydrogen-bond acceptors (Lipinski definition) is 5. The van der Waals surface area contributed by atoms with Crippen LogP contribution in [0.1, 0.15) is 51.9 Å². The van der Waals surface area contributed by atoms with E-state index >= 15 is 0 Å². The van der Waals surface area contributed by atoms with Gasteiger partial charge in [-0.15, -0.1) is 0 Å². The highest BCUT2D eigenvalue weighted by Crippen LogP contribution is 2.16. The Balaban J connectivity index is 1.53. The zero-order valence-corrected chi connectivity index (χ0v) is 16.7. The number of likely N-dealkylation sites (tertiary alicyclic amines) is 1. The van der Waals surface area contributed by atoms with Crippen LogP contribution in [0.2, 0.25) is 0 Å². The fourth-order valence-electron chi connectivity index (χ4n) is 4.18. The molecule has 0 aromatic carbocycles. The van der Waals surface area contributed by atoms with Crippen molar-refractivity contribution in [2.24, 2.45) is 7.05 Å². The van der Waals surface area contributed by atoms with Crippen molar-refractivity contribution < 1.29 is 4.79 Å². The highest BCUT2D eigenvalue weighted by atomic mass is 16.2. The van der Waals surface area contributed by atoms with Gasteiger partial charge in [0.15, 0.2) is 5.82 Å². The summed E-state index contributed by atoms with van der Waals surface area (Å²) in [5.74, 6) is 0.794. The van der Waals surface area contributed by atoms with Gasteiger partial charge in [0.05, 0.1) is 0 Å². The van der Waals surface area contributed by atoms with Gasteiger partial charge < -0.3 is 19.7 Å². The average molecular weight is 376 g/mol. The summed E-state index contributed by atoms with van der Waals surface area (Å²) in [6.45, 7) is 5.52. The molecule has 27 heavy (non-hydrogen) atoms. The Kier molecular flexibility index (Phi) is 6.88. The summed E-state index contributed by atoms with van der Waals surface area (Å²) in [5, 5.41) is 3.61. The number of rotatable bonds is 5. The molecule has 1 amide bonds. The van der Waals surface area contributed by atoms with Crippen molar-refractivity contribution in [2.45, 2.75) is 64.0 Å². The van der Waals surface area contributed by atoms with Crippen LogP contribution in [0.4, 0.5) is 5.82 Å². The van der Waals surface area contributed by atoms with Crippen LogP contribution >= 0.6 is 0 Å². The van der Waals surface area contributed by atoms with Gasteiger partial charge in [-0.25, -0.2) is 4.98 Å². The topological polar surface area (TPSA) is 70.5 Å². The van der Waals surface area contributed by atoms with E-state index in [2.05, 4.69) is 22.1 Å². The molecule has 0 saturated carbocycles. The van der Waals surface area contributed by atoms with Gasteiger partial charge in [-0.2, -0.15) is 0 Å². The second-order valence-corrected chi connectivity index (χ2v) is 8.02. The lowest BCUT2D eigenvalue weighted by Crippen LogP contribution is -2.51. The summed E-state index contributed by atoms with van der Waals surface area (Å²) >= 11 is 0. The van der Waals surface area contributed by atoms with Gasteiger partial charge in [0.25, 0.3) is 5.56 Å². The maximum absolute atomic E-state index is 12.6. The molecule has 1 aromatic rings. The molecule has 2 aliphatic rings. The number of nitrogens with one attached hydrogen (secondary N) is 1. The molecule has 0 radical (unpaired) electrons. The first-order valence-corrected chi connectivity index (χ1v) is 10.3. The Labute approximate surface area is 161 Å². The van der Waals surface area contributed by atoms with E-state index in [-0.39, 0.29) is 23.6 Å². The van der Waals surface area contributed by atoms with Gasteiger partial charge in [-0.05, 0) is 32.6 Å². The number of hydrogen-bond donors (Lipinski definition) is 1. The van der Waals surface area contributed by atoms with Gasteiger partial charge in [-0.1, -0.05) is 12.8 Å². The third-order valence-corrected chi connectivity index (χ3v) is 5.68. The molecule has 7 heteroatoms. The molecule has 2 atom stereocenters. The van der Waals surface area contributed by atoms with E-state index in [1.165, 1.54) is 12.8 Å². The number of amides is 1. The maximum atomic E-state index is 12.6. The number of piperidine rings is 1. The second kappa shape index (κ2) is 9.35. The summed E-state index contributed by atoms with van der Waals surface area (Å²) in [7, 11) is 1.75. The fourth-order valence-corrected chi connectivity index (χ4v) is 4.18. The lowest BCUT2D eigenvalue weighted by molar-refractivity contribution is -0.131. The van der Waals surface area contributed by atoms with Crippen molar-refractivity contribution in [2.75, 3.05) is 31.1 Å². The zero-order valence-electron chi connectivity index (χ0n) is 16.7. The highest BCUT2D eigenvalue weighted by molar-refractivity contribution is 5.76. The Morgan fingerprint density at radius 2 is 1.96 bits per heavy atom. The van der Waals surface area contributed by atoms with E-state index in [1.54, 1.807) is 24.0 Å². The van der Waals surface area contributed by atoms with Crippen LogP contribution in [0.3, 0.4) is 0 Å². The van der Waals surface area contributed by atoms with E-state index < -0.39 is 0 Å². The summed E-state index contributed by atoms with van der Waals surface area (Å²) in [5.41, 5.74) is -0.0532. The molecule has 150 valence electrons. The van der Waals surface area contributed by atoms with Crippen molar-refractivity contribution in [3.05, 3.63) is 22.7 Å². The lowest BCUT2D eigenvalue weighted by atomic mass is 10.0. The van der Waals surface area contributed by atoms with Crippen molar-refractivity contribution in [3.8, 4) is 0 Å². The van der Waals surface area contributed by atoms with E-state index in [9.17, 15) is 9.59 Å². The van der Waals surface area contributed by atoms with E-state index in [0.29, 0.717) is 12.2 Å². The third-order valence-electron chi connectivity index (χ3n) is 5.68. The molecule has 2 aliphatic heterocycles. The smallest absolute Gasteiger partial charge is 0.293 e. The van der Waals surface area contributed by atoms with Crippen LogP contribution in [0.5, 0.6) is 0 Å². The van der Waals surface area contributed by atoms with Crippen molar-refractivity contribution in [1.29, 1.82) is 0 Å². The SMILES string of the molecule is C[C@H](CC(=O)N1CCCCCC1)N[C@H]1CCCN(c2nccn(C)c2=O)C1. The molecule has 3 heterocycles. The molecule has 2 fully saturated rings. The Bertz CT molecular complexity index is 681. The standard InChI is InChI=1S/C20H33N5O2/c1-16(14-18(26)24-10-5-3-4-6-11-24)22-17-8-7-12-25(15-17)19-20(27)23(2)13-9-21-19/h9,13,16-17,22H,3-8,10-12,14-15H2,1-2H3/t16-,17+/m1/s1. The highest BCUT2D eigenvalue weighted by Gasteiger charge is 2.25. The molecule has 0 bridgehead atoms. The van der Waals surface area contributed by atoms with Gasteiger partial charge >= 0.3 is 0 Å². The first-order chi connectivity index (χ1) is 13.0. The lowest BCUT2D eigenvalue weighted by Gasteiger charge is -2.35. The van der Waals surface area contributed by atoms with Crippen molar-refractivity contribution in [1.82, 2.24) is 19.8 Å². The van der Waals surface area contributed by atoms with Crippen LogP contribution in [0.25, 0.3) is 0 Å². The molecule has 0 aliphatic carbocycles. The van der Waals surface area contributed by atoms with Gasteiger partial charge in [-0.3, -0.25) is 9.59 Å². The normalized spacial score (nSPS) is 22.4. The fraction of sp³-hybridized carbons (Fsp3) is 0.750. The minimum atomic E-state index is -0.0532. The predicted molar refractivity (Wildman–Crippen MR) is 107 cm³/mol. The first-order valence-electron chi connectivity index (χ1n) is 10.3. The number of anilines is 1. The van der Waals surface area contributed by atoms with Crippen LogP contribution in [0.15, 0.2) is 17.2 Å². The number of aryl methyl sites for hydroxylation is 1. The summed E-state index contributed by atoms with van der Waals surface area (Å²) in [6, 6.07) is 0.412. The number of carbonyl (C=O) groups excluding carboxylic acids is 1. The molecule has 1 N–H and O–H groups in total. The number of carbonyl (C=O) groups is 1. The van der Waals surface area contributed by atoms with Gasteiger partial charge in [0.2, 0.25) is 5.91 Å². The molecule has 2 saturated heterocycles. The molecule has 0 unspecified atom stereocenters. The number of nitrogens with zero attached hydrogens (tertiary/aromatic N) is 4. The van der Waals surface area contributed by atoms with Gasteiger partial charge in [0.1, 0.15) is 0 Å². The summed E-state index contributed by atoms with van der Waals surface area (Å²) in [4.78, 5) is 33.3. The predicted octanol–water partition coefficient (Wildman–Crippen LogP) is 1.52. The van der Waals surface area contributed by atoms with E-state index in [4.69, 9.17) is 0 Å². The first kappa shape index (κ1) is 19.9. The molecular weight excluding hydrogens is 342 g/mol. The molecule has 1 aromatic heterocycles. The van der Waals surface area contributed by atoms with Crippen LogP contribution in [-0.2, 0) is 11.8 Å². The Hall–Kier alpha value is -1.89. The van der Waals surface area contributed by atoms with Crippen molar-refractivity contribution in [3.63, 3.8) is 0 Å². The quantitative estimate of drug-likeness (QED) is 0.845. The minimum absolute atomic E-state index is 0.0532. The maximum Gasteiger partial charge on any atom is 0.293 e. The van der Waals surface area contributed by atoms with Crippen LogP contribution in [-0.4, -0.2) is 58.6 Å². The van der Waals surface area contributed by atoms with Gasteiger partial charge in [0, 0.05) is 64.1 Å². The largest absolute Gasteiger partial charge is 0.350 e. The van der Waals surface area contributed by atoms with E-state index in [1.807, 2.05) is 4.90 Å². The Morgan fingerprint density at radius 3 is 2.70 bits per heavy atom. The Morgan fingerprint density at radius 1 is 1.22 bits per heavy atom. The van der Waals surface area contributed by atoms with Crippen molar-refractivity contribution >= 4 is 11.7 Å².